The number of anilines is 1. The molecule has 0 bridgehead atoms. The summed E-state index contributed by atoms with van der Waals surface area (Å²) in [5.74, 6) is 0.705. The second-order valence-electron chi connectivity index (χ2n) is 8.42. The molecule has 0 spiro atoms. The Morgan fingerprint density at radius 1 is 1.10 bits per heavy atom. The Balaban J connectivity index is 1.69. The number of carbonyl (C=O) groups excluding carboxylic acids is 2. The molecule has 2 heterocycles. The molecule has 1 aromatic rings. The number of aromatic nitrogens is 1. The van der Waals surface area contributed by atoms with E-state index in [0.717, 1.165) is 50.0 Å². The van der Waals surface area contributed by atoms with Crippen LogP contribution in [0.2, 0.25) is 0 Å². The molecule has 2 N–H and O–H groups in total. The lowest BCUT2D eigenvalue weighted by Crippen LogP contribution is -2.42. The highest BCUT2D eigenvalue weighted by atomic mass is 16.2. The molecule has 0 atom stereocenters. The first kappa shape index (κ1) is 21.4. The van der Waals surface area contributed by atoms with Gasteiger partial charge in [-0.25, -0.2) is 0 Å². The Bertz CT molecular complexity index is 793. The number of hydrogen-bond acceptors (Lipinski definition) is 4. The Kier molecular flexibility index (Phi) is 6.96. The molecule has 0 unspecified atom stereocenters. The monoisotopic (exact) mass is 399 g/mol. The van der Waals surface area contributed by atoms with E-state index < -0.39 is 0 Å². The molecule has 1 saturated heterocycles. The molecule has 158 valence electrons. The van der Waals surface area contributed by atoms with Crippen molar-refractivity contribution < 1.29 is 9.59 Å². The van der Waals surface area contributed by atoms with E-state index in [2.05, 4.69) is 26.2 Å². The predicted molar refractivity (Wildman–Crippen MR) is 113 cm³/mol. The number of nitrogens with zero attached hydrogens (tertiary/aromatic N) is 3. The zero-order valence-corrected chi connectivity index (χ0v) is 17.9. The summed E-state index contributed by atoms with van der Waals surface area (Å²) in [6, 6.07) is 2.65. The van der Waals surface area contributed by atoms with E-state index in [9.17, 15) is 14.9 Å². The number of likely N-dealkylation sites (tertiary alicyclic amines) is 1. The number of piperidine rings is 1. The molecule has 3 rings (SSSR count). The van der Waals surface area contributed by atoms with E-state index in [0.29, 0.717) is 24.0 Å². The number of carbonyl (C=O) groups is 2. The van der Waals surface area contributed by atoms with E-state index in [1.807, 2.05) is 13.8 Å². The van der Waals surface area contributed by atoms with E-state index in [1.54, 1.807) is 7.05 Å². The van der Waals surface area contributed by atoms with Crippen molar-refractivity contribution in [2.24, 2.45) is 5.92 Å². The third kappa shape index (κ3) is 4.64. The average molecular weight is 400 g/mol. The van der Waals surface area contributed by atoms with Gasteiger partial charge in [-0.05, 0) is 58.2 Å². The van der Waals surface area contributed by atoms with Crippen LogP contribution in [0.4, 0.5) is 5.82 Å². The van der Waals surface area contributed by atoms with Crippen molar-refractivity contribution in [3.8, 4) is 6.07 Å². The molecule has 2 aliphatic rings. The predicted octanol–water partition coefficient (Wildman–Crippen LogP) is 2.88. The molecule has 1 saturated carbocycles. The summed E-state index contributed by atoms with van der Waals surface area (Å²) in [7, 11) is 1.67. The van der Waals surface area contributed by atoms with Crippen molar-refractivity contribution in [3.05, 3.63) is 16.8 Å². The fraction of sp³-hybridized carbons (Fsp3) is 0.682. The Hall–Kier alpha value is -2.33. The van der Waals surface area contributed by atoms with Gasteiger partial charge in [0.15, 0.2) is 0 Å². The van der Waals surface area contributed by atoms with Crippen molar-refractivity contribution in [2.75, 3.05) is 32.0 Å². The van der Waals surface area contributed by atoms with E-state index in [4.69, 9.17) is 0 Å². The largest absolute Gasteiger partial charge is 0.359 e. The van der Waals surface area contributed by atoms with Gasteiger partial charge in [0.25, 0.3) is 0 Å². The molecule has 0 radical (unpaired) electrons. The number of rotatable bonds is 5. The van der Waals surface area contributed by atoms with Crippen molar-refractivity contribution in [1.29, 1.82) is 5.26 Å². The first-order valence-corrected chi connectivity index (χ1v) is 10.8. The zero-order valence-electron chi connectivity index (χ0n) is 17.9. The first-order chi connectivity index (χ1) is 14.0. The molecule has 2 fully saturated rings. The van der Waals surface area contributed by atoms with Crippen molar-refractivity contribution in [2.45, 2.75) is 64.8 Å². The summed E-state index contributed by atoms with van der Waals surface area (Å²) in [6.45, 7) is 5.77. The third-order valence-electron chi connectivity index (χ3n) is 6.64. The van der Waals surface area contributed by atoms with Crippen LogP contribution < -0.4 is 10.6 Å². The minimum absolute atomic E-state index is 0.0401. The Morgan fingerprint density at radius 3 is 2.34 bits per heavy atom. The van der Waals surface area contributed by atoms with Gasteiger partial charge in [-0.15, -0.1) is 0 Å². The molecule has 0 aromatic carbocycles. The van der Waals surface area contributed by atoms with Gasteiger partial charge < -0.3 is 15.2 Å². The highest BCUT2D eigenvalue weighted by Crippen LogP contribution is 2.36. The minimum Gasteiger partial charge on any atom is -0.359 e. The second kappa shape index (κ2) is 9.45. The van der Waals surface area contributed by atoms with Gasteiger partial charge in [0.1, 0.15) is 11.9 Å². The lowest BCUT2D eigenvalue weighted by molar-refractivity contribution is -0.126. The molecule has 7 nitrogen and oxygen atoms in total. The molecule has 7 heteroatoms. The fourth-order valence-electron chi connectivity index (χ4n) is 4.81. The first-order valence-electron chi connectivity index (χ1n) is 10.8. The number of nitrogens with one attached hydrogen (secondary N) is 2. The number of nitriles is 1. The SMILES string of the molecule is CNC(=O)C1CCN(CC(=O)Nc2c(C#N)c(C)c(C)n2C2CCCCC2)CC1. The minimum atomic E-state index is -0.0885. The maximum absolute atomic E-state index is 12.8. The van der Waals surface area contributed by atoms with Crippen molar-refractivity contribution >= 4 is 17.6 Å². The quantitative estimate of drug-likeness (QED) is 0.797. The smallest absolute Gasteiger partial charge is 0.239 e. The van der Waals surface area contributed by atoms with Crippen molar-refractivity contribution in [1.82, 2.24) is 14.8 Å². The molecule has 2 amide bonds. The van der Waals surface area contributed by atoms with Crippen LogP contribution in [0.25, 0.3) is 0 Å². The second-order valence-corrected chi connectivity index (χ2v) is 8.42. The molecule has 1 aromatic heterocycles. The molecular formula is C22H33N5O2. The fourth-order valence-corrected chi connectivity index (χ4v) is 4.81. The van der Waals surface area contributed by atoms with E-state index in [-0.39, 0.29) is 17.7 Å². The van der Waals surface area contributed by atoms with Gasteiger partial charge in [-0.3, -0.25) is 14.5 Å². The highest BCUT2D eigenvalue weighted by molar-refractivity contribution is 5.93. The van der Waals surface area contributed by atoms with Crippen LogP contribution in [0, 0.1) is 31.1 Å². The normalized spacial score (nSPS) is 19.0. The highest BCUT2D eigenvalue weighted by Gasteiger charge is 2.28. The summed E-state index contributed by atoms with van der Waals surface area (Å²) < 4.78 is 2.20. The van der Waals surface area contributed by atoms with Crippen LogP contribution in [0.5, 0.6) is 0 Å². The maximum atomic E-state index is 12.8. The summed E-state index contributed by atoms with van der Waals surface area (Å²) >= 11 is 0. The standard InChI is InChI=1S/C22H33N5O2/c1-15-16(2)27(18-7-5-4-6-8-18)21(19(15)13-23)25-20(28)14-26-11-9-17(10-12-26)22(29)24-3/h17-18H,4-12,14H2,1-3H3,(H,24,29)(H,25,28). The lowest BCUT2D eigenvalue weighted by atomic mass is 9.95. The van der Waals surface area contributed by atoms with Gasteiger partial charge in [0.05, 0.1) is 12.1 Å². The van der Waals surface area contributed by atoms with E-state index in [1.165, 1.54) is 19.3 Å². The third-order valence-corrected chi connectivity index (χ3v) is 6.64. The van der Waals surface area contributed by atoms with Gasteiger partial charge in [0, 0.05) is 24.7 Å². The summed E-state index contributed by atoms with van der Waals surface area (Å²) in [6.07, 6.45) is 7.37. The van der Waals surface area contributed by atoms with Gasteiger partial charge in [-0.1, -0.05) is 19.3 Å². The summed E-state index contributed by atoms with van der Waals surface area (Å²) in [5, 5.41) is 15.5. The van der Waals surface area contributed by atoms with Crippen molar-refractivity contribution in [3.63, 3.8) is 0 Å². The molecule has 1 aliphatic heterocycles. The van der Waals surface area contributed by atoms with Crippen LogP contribution in [-0.4, -0.2) is 48.0 Å². The molecule has 29 heavy (non-hydrogen) atoms. The van der Waals surface area contributed by atoms with Gasteiger partial charge in [0.2, 0.25) is 11.8 Å². The Morgan fingerprint density at radius 2 is 1.76 bits per heavy atom. The van der Waals surface area contributed by atoms with E-state index >= 15 is 0 Å². The number of hydrogen-bond donors (Lipinski definition) is 2. The lowest BCUT2D eigenvalue weighted by Gasteiger charge is -2.31. The van der Waals surface area contributed by atoms with Crippen LogP contribution in [-0.2, 0) is 9.59 Å². The average Bonchev–Trinajstić information content (AvgIpc) is 2.97. The summed E-state index contributed by atoms with van der Waals surface area (Å²) in [4.78, 5) is 26.7. The number of amides is 2. The molecule has 1 aliphatic carbocycles. The molecular weight excluding hydrogens is 366 g/mol. The van der Waals surface area contributed by atoms with Gasteiger partial charge >= 0.3 is 0 Å². The van der Waals surface area contributed by atoms with Gasteiger partial charge in [-0.2, -0.15) is 5.26 Å². The van der Waals surface area contributed by atoms with Crippen LogP contribution in [0.3, 0.4) is 0 Å². The maximum Gasteiger partial charge on any atom is 0.239 e. The Labute approximate surface area is 173 Å². The van der Waals surface area contributed by atoms with Crippen LogP contribution in [0.1, 0.15) is 67.8 Å². The summed E-state index contributed by atoms with van der Waals surface area (Å²) in [5.41, 5.74) is 2.62. The zero-order chi connectivity index (χ0) is 21.0. The van der Waals surface area contributed by atoms with Crippen LogP contribution in [0.15, 0.2) is 0 Å². The van der Waals surface area contributed by atoms with Crippen LogP contribution >= 0.6 is 0 Å². The topological polar surface area (TPSA) is 90.2 Å².